The summed E-state index contributed by atoms with van der Waals surface area (Å²) in [5.74, 6) is -0.570. The molecule has 0 unspecified atom stereocenters. The van der Waals surface area contributed by atoms with Crippen LogP contribution in [0.4, 0.5) is 4.39 Å². The fourth-order valence-electron chi connectivity index (χ4n) is 3.20. The summed E-state index contributed by atoms with van der Waals surface area (Å²) in [4.78, 5) is 12.3. The van der Waals surface area contributed by atoms with E-state index in [4.69, 9.17) is 0 Å². The van der Waals surface area contributed by atoms with Gasteiger partial charge in [-0.05, 0) is 49.6 Å². The Morgan fingerprint density at radius 2 is 2.08 bits per heavy atom. The molecule has 6 heteroatoms. The maximum absolute atomic E-state index is 13.4. The minimum Gasteiger partial charge on any atom is -0.388 e. The number of nitrogens with zero attached hydrogens (tertiary/aromatic N) is 2. The lowest BCUT2D eigenvalue weighted by Gasteiger charge is -2.21. The van der Waals surface area contributed by atoms with Crippen molar-refractivity contribution < 1.29 is 14.3 Å². The van der Waals surface area contributed by atoms with Gasteiger partial charge in [-0.25, -0.2) is 4.39 Å². The molecule has 0 saturated heterocycles. The highest BCUT2D eigenvalue weighted by Gasteiger charge is 2.31. The van der Waals surface area contributed by atoms with Crippen LogP contribution in [0.3, 0.4) is 0 Å². The molecule has 1 saturated carbocycles. The van der Waals surface area contributed by atoms with Gasteiger partial charge in [0.05, 0.1) is 11.3 Å². The zero-order valence-electron chi connectivity index (χ0n) is 14.0. The molecule has 1 fully saturated rings. The molecule has 2 aromatic rings. The standard InChI is InChI=1S/C18H22FN3O2/c1-12-9-13(5-6-14(12)19)16-10-15(21-22(16)2)17(23)20-11-18(24)7-3-4-8-18/h5-6,9-10,24H,3-4,7-8,11H2,1-2H3,(H,20,23). The first-order valence-electron chi connectivity index (χ1n) is 8.19. The van der Waals surface area contributed by atoms with Crippen molar-refractivity contribution in [2.75, 3.05) is 6.54 Å². The van der Waals surface area contributed by atoms with Crippen LogP contribution in [0, 0.1) is 12.7 Å². The molecule has 5 nitrogen and oxygen atoms in total. The van der Waals surface area contributed by atoms with E-state index in [2.05, 4.69) is 10.4 Å². The number of aliphatic hydroxyl groups is 1. The second kappa shape index (κ2) is 6.36. The van der Waals surface area contributed by atoms with Crippen molar-refractivity contribution in [2.45, 2.75) is 38.2 Å². The average molecular weight is 331 g/mol. The van der Waals surface area contributed by atoms with E-state index in [0.29, 0.717) is 5.56 Å². The minimum atomic E-state index is -0.790. The first-order valence-corrected chi connectivity index (χ1v) is 8.19. The lowest BCUT2D eigenvalue weighted by Crippen LogP contribution is -2.40. The number of amides is 1. The summed E-state index contributed by atoms with van der Waals surface area (Å²) in [6.45, 7) is 1.94. The Hall–Kier alpha value is -2.21. The number of carbonyl (C=O) groups is 1. The van der Waals surface area contributed by atoms with E-state index in [9.17, 15) is 14.3 Å². The van der Waals surface area contributed by atoms with E-state index in [-0.39, 0.29) is 24.0 Å². The predicted molar refractivity (Wildman–Crippen MR) is 89.1 cm³/mol. The molecule has 0 atom stereocenters. The molecule has 24 heavy (non-hydrogen) atoms. The number of benzene rings is 1. The van der Waals surface area contributed by atoms with Crippen LogP contribution in [0.15, 0.2) is 24.3 Å². The number of aryl methyl sites for hydroxylation is 2. The first-order chi connectivity index (χ1) is 11.4. The summed E-state index contributed by atoms with van der Waals surface area (Å²) in [7, 11) is 1.75. The number of hydrogen-bond acceptors (Lipinski definition) is 3. The van der Waals surface area contributed by atoms with Gasteiger partial charge < -0.3 is 10.4 Å². The largest absolute Gasteiger partial charge is 0.388 e. The fraction of sp³-hybridized carbons (Fsp3) is 0.444. The van der Waals surface area contributed by atoms with Crippen LogP contribution in [-0.4, -0.2) is 32.9 Å². The summed E-state index contributed by atoms with van der Waals surface area (Å²) in [5, 5.41) is 17.3. The topological polar surface area (TPSA) is 67.2 Å². The smallest absolute Gasteiger partial charge is 0.271 e. The van der Waals surface area contributed by atoms with Crippen molar-refractivity contribution >= 4 is 5.91 Å². The molecule has 128 valence electrons. The first kappa shape index (κ1) is 16.6. The molecule has 0 spiro atoms. The SMILES string of the molecule is Cc1cc(-c2cc(C(=O)NCC3(O)CCCC3)nn2C)ccc1F. The molecule has 2 N–H and O–H groups in total. The third-order valence-corrected chi connectivity index (χ3v) is 4.68. The summed E-state index contributed by atoms with van der Waals surface area (Å²) >= 11 is 0. The number of aromatic nitrogens is 2. The van der Waals surface area contributed by atoms with E-state index in [1.807, 2.05) is 0 Å². The number of halogens is 1. The van der Waals surface area contributed by atoms with Gasteiger partial charge >= 0.3 is 0 Å². The predicted octanol–water partition coefficient (Wildman–Crippen LogP) is 2.57. The van der Waals surface area contributed by atoms with Gasteiger partial charge in [0.25, 0.3) is 5.91 Å². The molecule has 0 aliphatic heterocycles. The Morgan fingerprint density at radius 3 is 2.75 bits per heavy atom. The van der Waals surface area contributed by atoms with Gasteiger partial charge in [-0.15, -0.1) is 0 Å². The van der Waals surface area contributed by atoms with E-state index >= 15 is 0 Å². The number of hydrogen-bond donors (Lipinski definition) is 2. The van der Waals surface area contributed by atoms with Gasteiger partial charge in [0.1, 0.15) is 5.82 Å². The molecular formula is C18H22FN3O2. The van der Waals surface area contributed by atoms with E-state index < -0.39 is 5.60 Å². The molecule has 3 rings (SSSR count). The van der Waals surface area contributed by atoms with Crippen LogP contribution >= 0.6 is 0 Å². The molecule has 0 bridgehead atoms. The number of nitrogens with one attached hydrogen (secondary N) is 1. The molecular weight excluding hydrogens is 309 g/mol. The molecule has 1 aliphatic carbocycles. The van der Waals surface area contributed by atoms with Crippen molar-refractivity contribution in [3.05, 3.63) is 41.3 Å². The second-order valence-electron chi connectivity index (χ2n) is 6.62. The van der Waals surface area contributed by atoms with Crippen molar-refractivity contribution in [3.8, 4) is 11.3 Å². The Morgan fingerprint density at radius 1 is 1.38 bits per heavy atom. The van der Waals surface area contributed by atoms with Crippen molar-refractivity contribution in [2.24, 2.45) is 7.05 Å². The van der Waals surface area contributed by atoms with E-state index in [1.165, 1.54) is 6.07 Å². The third-order valence-electron chi connectivity index (χ3n) is 4.68. The van der Waals surface area contributed by atoms with Crippen LogP contribution in [0.1, 0.15) is 41.7 Å². The van der Waals surface area contributed by atoms with Gasteiger partial charge in [-0.3, -0.25) is 9.48 Å². The second-order valence-corrected chi connectivity index (χ2v) is 6.62. The fourth-order valence-corrected chi connectivity index (χ4v) is 3.20. The highest BCUT2D eigenvalue weighted by molar-refractivity contribution is 5.93. The highest BCUT2D eigenvalue weighted by Crippen LogP contribution is 2.28. The third kappa shape index (κ3) is 3.33. The molecule has 1 aliphatic rings. The number of carbonyl (C=O) groups excluding carboxylic acids is 1. The maximum Gasteiger partial charge on any atom is 0.271 e. The molecule has 1 aromatic heterocycles. The quantitative estimate of drug-likeness (QED) is 0.905. The normalized spacial score (nSPS) is 16.3. The average Bonchev–Trinajstić information content (AvgIpc) is 3.15. The molecule has 1 heterocycles. The van der Waals surface area contributed by atoms with Crippen LogP contribution < -0.4 is 5.32 Å². The Kier molecular flexibility index (Phi) is 4.41. The van der Waals surface area contributed by atoms with Crippen molar-refractivity contribution in [1.82, 2.24) is 15.1 Å². The van der Waals surface area contributed by atoms with Crippen molar-refractivity contribution in [3.63, 3.8) is 0 Å². The summed E-state index contributed by atoms with van der Waals surface area (Å²) in [6.07, 6.45) is 3.42. The Balaban J connectivity index is 1.75. The lowest BCUT2D eigenvalue weighted by atomic mass is 10.0. The van der Waals surface area contributed by atoms with Crippen LogP contribution in [-0.2, 0) is 7.05 Å². The van der Waals surface area contributed by atoms with E-state index in [0.717, 1.165) is 36.9 Å². The minimum absolute atomic E-state index is 0.243. The molecule has 0 radical (unpaired) electrons. The summed E-state index contributed by atoms with van der Waals surface area (Å²) in [5.41, 5.74) is 1.58. The van der Waals surface area contributed by atoms with Crippen LogP contribution in [0.25, 0.3) is 11.3 Å². The van der Waals surface area contributed by atoms with Gasteiger partial charge in [0.15, 0.2) is 5.69 Å². The molecule has 1 amide bonds. The maximum atomic E-state index is 13.4. The zero-order valence-corrected chi connectivity index (χ0v) is 14.0. The zero-order chi connectivity index (χ0) is 17.3. The van der Waals surface area contributed by atoms with Gasteiger partial charge in [0.2, 0.25) is 0 Å². The summed E-state index contributed by atoms with van der Waals surface area (Å²) in [6, 6.07) is 6.49. The van der Waals surface area contributed by atoms with Crippen molar-refractivity contribution in [1.29, 1.82) is 0 Å². The molecule has 1 aromatic carbocycles. The van der Waals surface area contributed by atoms with Gasteiger partial charge in [0, 0.05) is 19.2 Å². The number of rotatable bonds is 4. The lowest BCUT2D eigenvalue weighted by molar-refractivity contribution is 0.0448. The highest BCUT2D eigenvalue weighted by atomic mass is 19.1. The summed E-state index contributed by atoms with van der Waals surface area (Å²) < 4.78 is 15.0. The Labute approximate surface area is 140 Å². The monoisotopic (exact) mass is 331 g/mol. The Bertz CT molecular complexity index is 764. The van der Waals surface area contributed by atoms with Crippen LogP contribution in [0.2, 0.25) is 0 Å². The van der Waals surface area contributed by atoms with Gasteiger partial charge in [-0.1, -0.05) is 12.8 Å². The van der Waals surface area contributed by atoms with Crippen LogP contribution in [0.5, 0.6) is 0 Å². The van der Waals surface area contributed by atoms with E-state index in [1.54, 1.807) is 36.9 Å². The van der Waals surface area contributed by atoms with Gasteiger partial charge in [-0.2, -0.15) is 5.10 Å².